The number of benzene rings is 2. The molecule has 2 heterocycles. The second-order valence-electron chi connectivity index (χ2n) is 13.5. The van der Waals surface area contributed by atoms with Gasteiger partial charge >= 0.3 is 12.1 Å². The lowest BCUT2D eigenvalue weighted by molar-refractivity contribution is -0.144. The minimum absolute atomic E-state index is 0.0871. The van der Waals surface area contributed by atoms with Crippen molar-refractivity contribution in [3.8, 4) is 0 Å². The van der Waals surface area contributed by atoms with Crippen LogP contribution in [-0.4, -0.2) is 61.6 Å². The molecule has 1 saturated heterocycles. The molecule has 0 spiro atoms. The van der Waals surface area contributed by atoms with Gasteiger partial charge in [0.1, 0.15) is 6.61 Å². The smallest absolute Gasteiger partial charge is 0.416 e. The van der Waals surface area contributed by atoms with Crippen molar-refractivity contribution in [1.82, 2.24) is 9.80 Å². The van der Waals surface area contributed by atoms with E-state index in [0.29, 0.717) is 18.6 Å². The van der Waals surface area contributed by atoms with Crippen LogP contribution < -0.4 is 0 Å². The van der Waals surface area contributed by atoms with E-state index in [1.165, 1.54) is 94.5 Å². The largest absolute Gasteiger partial charge is 0.464 e. The lowest BCUT2D eigenvalue weighted by Crippen LogP contribution is -2.47. The molecule has 0 unspecified atom stereocenters. The number of hydrogen-bond acceptors (Lipinski definition) is 5. The standard InChI is InChI=1S/C41H57F3N2O2S/c1-2-3-4-5-6-7-8-9-10-11-12-13-14-15-16-23-40(47)48-32-31-46-29-27-45(28-30-46)26-19-21-35-36-20-17-18-22-38(36)49-39-25-24-34(33-37(35)39)41(42,43)44/h9-10,17-18,20-22,24-25,33H,2-8,11-16,19,23,26-32H2,1H3/b10-9-,35-21+. The van der Waals surface area contributed by atoms with Crippen LogP contribution >= 0.6 is 11.8 Å². The molecule has 8 heteroatoms. The molecule has 0 amide bonds. The van der Waals surface area contributed by atoms with Crippen molar-refractivity contribution < 1.29 is 22.7 Å². The van der Waals surface area contributed by atoms with Crippen LogP contribution in [-0.2, 0) is 15.7 Å². The normalized spacial score (nSPS) is 16.3. The molecule has 2 aliphatic heterocycles. The van der Waals surface area contributed by atoms with E-state index in [4.69, 9.17) is 4.74 Å². The summed E-state index contributed by atoms with van der Waals surface area (Å²) in [6.07, 6.45) is 19.9. The quantitative estimate of drug-likeness (QED) is 0.0628. The fraction of sp³-hybridized carbons (Fsp3) is 0.585. The number of carbonyl (C=O) groups excluding carboxylic acids is 1. The first-order valence-corrected chi connectivity index (χ1v) is 19.6. The second kappa shape index (κ2) is 21.6. The summed E-state index contributed by atoms with van der Waals surface area (Å²) >= 11 is 1.53. The molecular formula is C41H57F3N2O2S. The lowest BCUT2D eigenvalue weighted by atomic mass is 9.94. The molecule has 4 rings (SSSR count). The Kier molecular flexibility index (Phi) is 17.3. The van der Waals surface area contributed by atoms with Crippen LogP contribution in [0.15, 0.2) is 70.5 Å². The molecule has 2 aromatic carbocycles. The maximum Gasteiger partial charge on any atom is 0.416 e. The number of hydrogen-bond donors (Lipinski definition) is 0. The molecule has 0 atom stereocenters. The zero-order chi connectivity index (χ0) is 34.7. The third-order valence-electron chi connectivity index (χ3n) is 9.57. The number of alkyl halides is 3. The minimum atomic E-state index is -4.37. The predicted molar refractivity (Wildman–Crippen MR) is 197 cm³/mol. The Morgan fingerprint density at radius 2 is 1.37 bits per heavy atom. The number of ether oxygens (including phenoxy) is 1. The molecule has 2 aliphatic rings. The summed E-state index contributed by atoms with van der Waals surface area (Å²) in [6, 6.07) is 12.0. The summed E-state index contributed by atoms with van der Waals surface area (Å²) in [4.78, 5) is 18.9. The van der Waals surface area contributed by atoms with Gasteiger partial charge in [0.15, 0.2) is 0 Å². The fourth-order valence-corrected chi connectivity index (χ4v) is 7.68. The van der Waals surface area contributed by atoms with Gasteiger partial charge in [0.05, 0.1) is 5.56 Å². The van der Waals surface area contributed by atoms with E-state index >= 15 is 0 Å². The minimum Gasteiger partial charge on any atom is -0.464 e. The molecule has 2 aromatic rings. The zero-order valence-electron chi connectivity index (χ0n) is 29.6. The molecule has 4 nitrogen and oxygen atoms in total. The van der Waals surface area contributed by atoms with Crippen molar-refractivity contribution in [3.05, 3.63) is 77.4 Å². The first kappa shape index (κ1) is 39.2. The van der Waals surface area contributed by atoms with Crippen LogP contribution in [0.25, 0.3) is 5.57 Å². The predicted octanol–water partition coefficient (Wildman–Crippen LogP) is 11.2. The number of rotatable bonds is 21. The average Bonchev–Trinajstić information content (AvgIpc) is 3.09. The Labute approximate surface area is 297 Å². The third kappa shape index (κ3) is 13.9. The number of unbranched alkanes of at least 4 members (excludes halogenated alkanes) is 11. The highest BCUT2D eigenvalue weighted by atomic mass is 32.2. The highest BCUT2D eigenvalue weighted by Gasteiger charge is 2.32. The van der Waals surface area contributed by atoms with Gasteiger partial charge in [-0.25, -0.2) is 0 Å². The van der Waals surface area contributed by atoms with Crippen LogP contribution in [0.3, 0.4) is 0 Å². The molecule has 0 radical (unpaired) electrons. The Hall–Kier alpha value is -2.55. The number of piperazine rings is 1. The van der Waals surface area contributed by atoms with Crippen LogP contribution in [0, 0.1) is 0 Å². The Bertz CT molecular complexity index is 1330. The second-order valence-corrected chi connectivity index (χ2v) is 14.5. The van der Waals surface area contributed by atoms with Crippen molar-refractivity contribution in [2.75, 3.05) is 45.9 Å². The van der Waals surface area contributed by atoms with Gasteiger partial charge in [0.25, 0.3) is 0 Å². The number of nitrogens with zero attached hydrogens (tertiary/aromatic N) is 2. The van der Waals surface area contributed by atoms with Gasteiger partial charge in [0, 0.05) is 55.5 Å². The summed E-state index contributed by atoms with van der Waals surface area (Å²) in [5.74, 6) is -0.0871. The molecule has 49 heavy (non-hydrogen) atoms. The number of esters is 1. The highest BCUT2D eigenvalue weighted by Crippen LogP contribution is 2.47. The van der Waals surface area contributed by atoms with E-state index in [0.717, 1.165) is 79.5 Å². The summed E-state index contributed by atoms with van der Waals surface area (Å²) < 4.78 is 46.1. The van der Waals surface area contributed by atoms with Gasteiger partial charge in [-0.1, -0.05) is 106 Å². The first-order valence-electron chi connectivity index (χ1n) is 18.8. The van der Waals surface area contributed by atoms with Gasteiger partial charge in [-0.2, -0.15) is 13.2 Å². The molecule has 0 bridgehead atoms. The van der Waals surface area contributed by atoms with Gasteiger partial charge in [-0.3, -0.25) is 9.69 Å². The number of fused-ring (bicyclic) bond motifs is 2. The summed E-state index contributed by atoms with van der Waals surface area (Å²) in [5.41, 5.74) is 1.94. The van der Waals surface area contributed by atoms with E-state index in [-0.39, 0.29) is 5.97 Å². The van der Waals surface area contributed by atoms with Gasteiger partial charge in [-0.05, 0) is 79.5 Å². The monoisotopic (exact) mass is 698 g/mol. The molecule has 0 N–H and O–H groups in total. The topological polar surface area (TPSA) is 32.8 Å². The van der Waals surface area contributed by atoms with E-state index in [1.807, 2.05) is 24.3 Å². The number of halogens is 3. The molecule has 0 aromatic heterocycles. The molecule has 1 fully saturated rings. The molecule has 0 aliphatic carbocycles. The Balaban J connectivity index is 1.05. The average molecular weight is 699 g/mol. The van der Waals surface area contributed by atoms with E-state index in [2.05, 4.69) is 35.0 Å². The van der Waals surface area contributed by atoms with Gasteiger partial charge in [-0.15, -0.1) is 0 Å². The van der Waals surface area contributed by atoms with E-state index in [1.54, 1.807) is 6.07 Å². The van der Waals surface area contributed by atoms with Gasteiger partial charge in [0.2, 0.25) is 0 Å². The van der Waals surface area contributed by atoms with E-state index < -0.39 is 11.7 Å². The Morgan fingerprint density at radius 3 is 2.06 bits per heavy atom. The van der Waals surface area contributed by atoms with Crippen molar-refractivity contribution in [1.29, 1.82) is 0 Å². The molecular weight excluding hydrogens is 642 g/mol. The maximum absolute atomic E-state index is 13.5. The number of allylic oxidation sites excluding steroid dienone is 2. The Morgan fingerprint density at radius 1 is 0.755 bits per heavy atom. The third-order valence-corrected chi connectivity index (χ3v) is 10.7. The first-order chi connectivity index (χ1) is 23.8. The van der Waals surface area contributed by atoms with Crippen LogP contribution in [0.1, 0.15) is 120 Å². The SMILES string of the molecule is CCCCCCCC/C=C\CCCCCCCC(=O)OCCN1CCN(CC/C=C2\c3ccccc3Sc3ccc(C(F)(F)F)cc32)CC1. The van der Waals surface area contributed by atoms with Crippen molar-refractivity contribution in [2.45, 2.75) is 119 Å². The fourth-order valence-electron chi connectivity index (χ4n) is 6.60. The van der Waals surface area contributed by atoms with Gasteiger partial charge < -0.3 is 9.64 Å². The highest BCUT2D eigenvalue weighted by molar-refractivity contribution is 7.99. The van der Waals surface area contributed by atoms with Crippen LogP contribution in [0.4, 0.5) is 13.2 Å². The van der Waals surface area contributed by atoms with E-state index in [9.17, 15) is 18.0 Å². The van der Waals surface area contributed by atoms with Crippen LogP contribution in [0.5, 0.6) is 0 Å². The zero-order valence-corrected chi connectivity index (χ0v) is 30.4. The van der Waals surface area contributed by atoms with Crippen molar-refractivity contribution in [2.24, 2.45) is 0 Å². The molecule has 270 valence electrons. The van der Waals surface area contributed by atoms with Crippen molar-refractivity contribution in [3.63, 3.8) is 0 Å². The maximum atomic E-state index is 13.5. The van der Waals surface area contributed by atoms with Crippen molar-refractivity contribution >= 4 is 23.3 Å². The van der Waals surface area contributed by atoms with Crippen LogP contribution in [0.2, 0.25) is 0 Å². The molecule has 0 saturated carbocycles. The lowest BCUT2D eigenvalue weighted by Gasteiger charge is -2.34. The summed E-state index contributed by atoms with van der Waals surface area (Å²) in [6.45, 7) is 7.98. The number of carbonyl (C=O) groups is 1. The summed E-state index contributed by atoms with van der Waals surface area (Å²) in [7, 11) is 0. The summed E-state index contributed by atoms with van der Waals surface area (Å²) in [5, 5.41) is 0.